The maximum atomic E-state index is 4.83. The second-order valence-electron chi connectivity index (χ2n) is 7.81. The Balaban J connectivity index is 1.74. The van der Waals surface area contributed by atoms with Crippen LogP contribution >= 0.6 is 0 Å². The number of anilines is 1. The van der Waals surface area contributed by atoms with Crippen LogP contribution in [0.1, 0.15) is 36.8 Å². The maximum absolute atomic E-state index is 4.83. The number of hydrogen-bond donors (Lipinski definition) is 1. The fourth-order valence-electron chi connectivity index (χ4n) is 4.07. The van der Waals surface area contributed by atoms with Crippen LogP contribution in [-0.4, -0.2) is 44.8 Å². The van der Waals surface area contributed by atoms with Crippen LogP contribution in [0.3, 0.4) is 0 Å². The van der Waals surface area contributed by atoms with Gasteiger partial charge in [-0.2, -0.15) is 4.52 Å². The van der Waals surface area contributed by atoms with Crippen molar-refractivity contribution in [1.29, 1.82) is 0 Å². The normalized spacial score (nSPS) is 13.9. The standard InChI is InChI=1S/C23H28N6/c1-6-17-11-13-18(14-12-17)21(28(4)5)15(2)24-22-19-9-7-8-10-20(19)23-26-25-16(3)29(23)27-22/h7-15,21H,6H2,1-5H3,(H,24,27). The lowest BCUT2D eigenvalue weighted by atomic mass is 9.97. The second-order valence-corrected chi connectivity index (χ2v) is 7.81. The zero-order valence-electron chi connectivity index (χ0n) is 17.7. The van der Waals surface area contributed by atoms with Crippen molar-refractivity contribution >= 4 is 22.2 Å². The predicted molar refractivity (Wildman–Crippen MR) is 118 cm³/mol. The monoisotopic (exact) mass is 388 g/mol. The Morgan fingerprint density at radius 1 is 1.00 bits per heavy atom. The molecule has 0 amide bonds. The topological polar surface area (TPSA) is 58.4 Å². The van der Waals surface area contributed by atoms with E-state index in [1.165, 1.54) is 11.1 Å². The summed E-state index contributed by atoms with van der Waals surface area (Å²) in [4.78, 5) is 2.25. The van der Waals surface area contributed by atoms with E-state index in [4.69, 9.17) is 5.10 Å². The molecule has 2 heterocycles. The summed E-state index contributed by atoms with van der Waals surface area (Å²) in [6.45, 7) is 6.31. The Labute approximate surface area is 171 Å². The van der Waals surface area contributed by atoms with Gasteiger partial charge in [-0.15, -0.1) is 15.3 Å². The Hall–Kier alpha value is -2.99. The van der Waals surface area contributed by atoms with Gasteiger partial charge in [-0.25, -0.2) is 0 Å². The highest BCUT2D eigenvalue weighted by molar-refractivity contribution is 5.99. The van der Waals surface area contributed by atoms with Gasteiger partial charge in [-0.1, -0.05) is 55.5 Å². The van der Waals surface area contributed by atoms with Gasteiger partial charge in [0, 0.05) is 16.8 Å². The molecule has 0 bridgehead atoms. The highest BCUT2D eigenvalue weighted by atomic mass is 15.4. The van der Waals surface area contributed by atoms with E-state index in [1.54, 1.807) is 0 Å². The van der Waals surface area contributed by atoms with E-state index in [-0.39, 0.29) is 12.1 Å². The quantitative estimate of drug-likeness (QED) is 0.535. The molecule has 2 unspecified atom stereocenters. The van der Waals surface area contributed by atoms with Crippen molar-refractivity contribution in [3.63, 3.8) is 0 Å². The molecule has 6 nitrogen and oxygen atoms in total. The third kappa shape index (κ3) is 3.56. The van der Waals surface area contributed by atoms with Gasteiger partial charge in [-0.05, 0) is 45.5 Å². The minimum absolute atomic E-state index is 0.141. The van der Waals surface area contributed by atoms with Crippen LogP contribution in [0.15, 0.2) is 48.5 Å². The molecule has 150 valence electrons. The molecule has 6 heteroatoms. The second kappa shape index (κ2) is 7.79. The molecule has 0 aliphatic heterocycles. The molecular weight excluding hydrogens is 360 g/mol. The molecule has 1 N–H and O–H groups in total. The van der Waals surface area contributed by atoms with E-state index in [0.717, 1.165) is 34.5 Å². The molecule has 0 saturated carbocycles. The van der Waals surface area contributed by atoms with Crippen LogP contribution < -0.4 is 5.32 Å². The smallest absolute Gasteiger partial charge is 0.185 e. The summed E-state index contributed by atoms with van der Waals surface area (Å²) in [5.74, 6) is 1.63. The van der Waals surface area contributed by atoms with Crippen molar-refractivity contribution in [3.8, 4) is 0 Å². The molecule has 2 atom stereocenters. The van der Waals surface area contributed by atoms with E-state index >= 15 is 0 Å². The van der Waals surface area contributed by atoms with Crippen LogP contribution in [0.4, 0.5) is 5.82 Å². The lowest BCUT2D eigenvalue weighted by Gasteiger charge is -2.32. The molecule has 0 fully saturated rings. The molecular formula is C23H28N6. The summed E-state index contributed by atoms with van der Waals surface area (Å²) in [6.07, 6.45) is 1.05. The van der Waals surface area contributed by atoms with Crippen LogP contribution in [0.25, 0.3) is 16.4 Å². The fourth-order valence-corrected chi connectivity index (χ4v) is 4.07. The summed E-state index contributed by atoms with van der Waals surface area (Å²) in [5, 5.41) is 19.1. The number of nitrogens with zero attached hydrogens (tertiary/aromatic N) is 5. The molecule has 0 aliphatic carbocycles. The summed E-state index contributed by atoms with van der Waals surface area (Å²) in [7, 11) is 4.24. The van der Waals surface area contributed by atoms with Crippen molar-refractivity contribution in [1.82, 2.24) is 24.7 Å². The first-order chi connectivity index (χ1) is 14.0. The summed E-state index contributed by atoms with van der Waals surface area (Å²) < 4.78 is 1.82. The number of aryl methyl sites for hydroxylation is 2. The number of fused-ring (bicyclic) bond motifs is 3. The van der Waals surface area contributed by atoms with Crippen molar-refractivity contribution in [2.24, 2.45) is 0 Å². The van der Waals surface area contributed by atoms with E-state index in [2.05, 4.69) is 84.8 Å². The molecule has 4 rings (SSSR count). The molecule has 0 aliphatic rings. The molecule has 2 aromatic carbocycles. The Kier molecular flexibility index (Phi) is 5.20. The fraction of sp³-hybridized carbons (Fsp3) is 0.348. The van der Waals surface area contributed by atoms with Gasteiger partial charge in [0.25, 0.3) is 0 Å². The van der Waals surface area contributed by atoms with Gasteiger partial charge >= 0.3 is 0 Å². The number of benzene rings is 2. The Morgan fingerprint density at radius 3 is 2.34 bits per heavy atom. The lowest BCUT2D eigenvalue weighted by molar-refractivity contribution is 0.275. The number of aromatic nitrogens is 4. The van der Waals surface area contributed by atoms with E-state index in [1.807, 2.05) is 23.6 Å². The molecule has 2 aromatic heterocycles. The molecule has 0 radical (unpaired) electrons. The third-order valence-electron chi connectivity index (χ3n) is 5.54. The molecule has 0 saturated heterocycles. The van der Waals surface area contributed by atoms with Gasteiger partial charge in [0.05, 0.1) is 6.04 Å². The van der Waals surface area contributed by atoms with Gasteiger partial charge < -0.3 is 10.2 Å². The largest absolute Gasteiger partial charge is 0.364 e. The van der Waals surface area contributed by atoms with Gasteiger partial charge in [0.2, 0.25) is 0 Å². The van der Waals surface area contributed by atoms with Crippen molar-refractivity contribution in [2.45, 2.75) is 39.3 Å². The number of hydrogen-bond acceptors (Lipinski definition) is 5. The van der Waals surface area contributed by atoms with Gasteiger partial charge in [-0.3, -0.25) is 0 Å². The average Bonchev–Trinajstić information content (AvgIpc) is 3.09. The third-order valence-corrected chi connectivity index (χ3v) is 5.54. The highest BCUT2D eigenvalue weighted by Crippen LogP contribution is 2.29. The van der Waals surface area contributed by atoms with Crippen LogP contribution in [0.5, 0.6) is 0 Å². The van der Waals surface area contributed by atoms with Gasteiger partial charge in [0.15, 0.2) is 17.3 Å². The van der Waals surface area contributed by atoms with E-state index < -0.39 is 0 Å². The predicted octanol–water partition coefficient (Wildman–Crippen LogP) is 4.25. The summed E-state index contributed by atoms with van der Waals surface area (Å²) in [5.41, 5.74) is 3.43. The Bertz CT molecular complexity index is 1130. The zero-order valence-corrected chi connectivity index (χ0v) is 17.7. The van der Waals surface area contributed by atoms with Gasteiger partial charge in [0.1, 0.15) is 0 Å². The highest BCUT2D eigenvalue weighted by Gasteiger charge is 2.23. The number of rotatable bonds is 6. The maximum Gasteiger partial charge on any atom is 0.185 e. The first-order valence-corrected chi connectivity index (χ1v) is 10.1. The minimum atomic E-state index is 0.141. The minimum Gasteiger partial charge on any atom is -0.364 e. The average molecular weight is 389 g/mol. The Morgan fingerprint density at radius 2 is 1.69 bits per heavy atom. The summed E-state index contributed by atoms with van der Waals surface area (Å²) in [6, 6.07) is 17.5. The van der Waals surface area contributed by atoms with Crippen molar-refractivity contribution < 1.29 is 0 Å². The van der Waals surface area contributed by atoms with Crippen LogP contribution in [0.2, 0.25) is 0 Å². The molecule has 0 spiro atoms. The SMILES string of the molecule is CCc1ccc(C(C(C)Nc2nn3c(C)nnc3c3ccccc23)N(C)C)cc1. The summed E-state index contributed by atoms with van der Waals surface area (Å²) >= 11 is 0. The number of nitrogens with one attached hydrogen (secondary N) is 1. The van der Waals surface area contributed by atoms with Crippen molar-refractivity contribution in [3.05, 3.63) is 65.5 Å². The van der Waals surface area contributed by atoms with E-state index in [0.29, 0.717) is 0 Å². The molecule has 29 heavy (non-hydrogen) atoms. The first-order valence-electron chi connectivity index (χ1n) is 10.1. The number of likely N-dealkylation sites (N-methyl/N-ethyl adjacent to an activating group) is 1. The first kappa shape index (κ1) is 19.3. The van der Waals surface area contributed by atoms with Crippen LogP contribution in [0, 0.1) is 6.92 Å². The van der Waals surface area contributed by atoms with Crippen LogP contribution in [-0.2, 0) is 6.42 Å². The molecule has 4 aromatic rings. The lowest BCUT2D eigenvalue weighted by Crippen LogP contribution is -2.34. The van der Waals surface area contributed by atoms with Crippen molar-refractivity contribution in [2.75, 3.05) is 19.4 Å². The zero-order chi connectivity index (χ0) is 20.5. The van der Waals surface area contributed by atoms with E-state index in [9.17, 15) is 0 Å².